The molecule has 1 heterocycles. The third-order valence-electron chi connectivity index (χ3n) is 2.52. The monoisotopic (exact) mass is 221 g/mol. The van der Waals surface area contributed by atoms with E-state index in [1.165, 1.54) is 13.2 Å². The number of ether oxygens (including phenoxy) is 1. The Kier molecular flexibility index (Phi) is 2.52. The van der Waals surface area contributed by atoms with E-state index in [0.717, 1.165) is 5.56 Å². The van der Waals surface area contributed by atoms with Gasteiger partial charge in [-0.3, -0.25) is 4.79 Å². The van der Waals surface area contributed by atoms with Crippen LogP contribution in [-0.4, -0.2) is 24.1 Å². The first kappa shape index (κ1) is 10.5. The highest BCUT2D eigenvalue weighted by molar-refractivity contribution is 5.97. The number of fused-ring (bicyclic) bond motifs is 1. The van der Waals surface area contributed by atoms with Gasteiger partial charge in [-0.1, -0.05) is 0 Å². The van der Waals surface area contributed by atoms with Crippen LogP contribution in [0.15, 0.2) is 12.1 Å². The van der Waals surface area contributed by atoms with Crippen LogP contribution in [0.5, 0.6) is 5.75 Å². The largest absolute Gasteiger partial charge is 0.507 e. The Balaban J connectivity index is 2.45. The number of phenolic OH excluding ortho intramolecular Hbond substituents is 1. The van der Waals surface area contributed by atoms with Crippen LogP contribution in [-0.2, 0) is 16.0 Å². The highest BCUT2D eigenvalue weighted by Crippen LogP contribution is 2.30. The quantitative estimate of drug-likeness (QED) is 0.695. The van der Waals surface area contributed by atoms with Gasteiger partial charge >= 0.3 is 5.97 Å². The Morgan fingerprint density at radius 2 is 2.19 bits per heavy atom. The van der Waals surface area contributed by atoms with Gasteiger partial charge < -0.3 is 15.2 Å². The molecule has 0 fully saturated rings. The number of rotatable bonds is 1. The summed E-state index contributed by atoms with van der Waals surface area (Å²) in [4.78, 5) is 22.4. The molecule has 5 heteroatoms. The lowest BCUT2D eigenvalue weighted by Crippen LogP contribution is -2.19. The fourth-order valence-corrected chi connectivity index (χ4v) is 1.69. The van der Waals surface area contributed by atoms with E-state index in [2.05, 4.69) is 10.1 Å². The maximum atomic E-state index is 11.3. The molecular formula is C11H11NO4. The lowest BCUT2D eigenvalue weighted by Gasteiger charge is -2.17. The molecule has 0 atom stereocenters. The summed E-state index contributed by atoms with van der Waals surface area (Å²) in [6.07, 6.45) is 0.948. The molecule has 5 nitrogen and oxygen atoms in total. The number of amides is 1. The van der Waals surface area contributed by atoms with E-state index in [-0.39, 0.29) is 17.2 Å². The summed E-state index contributed by atoms with van der Waals surface area (Å²) >= 11 is 0. The third kappa shape index (κ3) is 1.71. The number of benzene rings is 1. The van der Waals surface area contributed by atoms with Crippen molar-refractivity contribution < 1.29 is 19.4 Å². The number of nitrogens with one attached hydrogen (secondary N) is 1. The fraction of sp³-hybridized carbons (Fsp3) is 0.273. The van der Waals surface area contributed by atoms with E-state index in [4.69, 9.17) is 0 Å². The van der Waals surface area contributed by atoms with E-state index >= 15 is 0 Å². The molecule has 0 unspecified atom stereocenters. The van der Waals surface area contributed by atoms with Crippen LogP contribution in [0, 0.1) is 0 Å². The molecule has 1 aromatic carbocycles. The van der Waals surface area contributed by atoms with Gasteiger partial charge in [0.05, 0.1) is 7.11 Å². The van der Waals surface area contributed by atoms with Crippen molar-refractivity contribution in [2.45, 2.75) is 12.8 Å². The molecule has 1 amide bonds. The van der Waals surface area contributed by atoms with E-state index in [0.29, 0.717) is 18.5 Å². The summed E-state index contributed by atoms with van der Waals surface area (Å²) in [7, 11) is 1.25. The summed E-state index contributed by atoms with van der Waals surface area (Å²) < 4.78 is 4.54. The summed E-state index contributed by atoms with van der Waals surface area (Å²) in [6, 6.07) is 2.93. The molecule has 1 aliphatic rings. The SMILES string of the molecule is COC(=O)c1cc2c(cc1O)NC(=O)CC2. The zero-order valence-electron chi connectivity index (χ0n) is 8.74. The zero-order valence-corrected chi connectivity index (χ0v) is 8.74. The number of esters is 1. The molecule has 1 aromatic rings. The lowest BCUT2D eigenvalue weighted by molar-refractivity contribution is -0.116. The summed E-state index contributed by atoms with van der Waals surface area (Å²) in [6.45, 7) is 0. The van der Waals surface area contributed by atoms with Crippen LogP contribution in [0.3, 0.4) is 0 Å². The van der Waals surface area contributed by atoms with Crippen molar-refractivity contribution in [1.29, 1.82) is 0 Å². The van der Waals surface area contributed by atoms with Gasteiger partial charge in [0, 0.05) is 18.2 Å². The van der Waals surface area contributed by atoms with Crippen LogP contribution in [0.1, 0.15) is 22.3 Å². The Hall–Kier alpha value is -2.04. The number of hydrogen-bond donors (Lipinski definition) is 2. The molecule has 0 saturated carbocycles. The van der Waals surface area contributed by atoms with Crippen LogP contribution in [0.2, 0.25) is 0 Å². The molecule has 1 aliphatic heterocycles. The Bertz CT molecular complexity index is 467. The highest BCUT2D eigenvalue weighted by atomic mass is 16.5. The molecule has 0 bridgehead atoms. The summed E-state index contributed by atoms with van der Waals surface area (Å²) in [5.74, 6) is -0.859. The van der Waals surface area contributed by atoms with Crippen LogP contribution in [0.25, 0.3) is 0 Å². The standard InChI is InChI=1S/C11H11NO4/c1-16-11(15)7-4-6-2-3-10(14)12-8(6)5-9(7)13/h4-5,13H,2-3H2,1H3,(H,12,14). The zero-order chi connectivity index (χ0) is 11.7. The number of carbonyl (C=O) groups excluding carboxylic acids is 2. The second-order valence-corrected chi connectivity index (χ2v) is 3.57. The first-order valence-electron chi connectivity index (χ1n) is 4.86. The van der Waals surface area contributed by atoms with Gasteiger partial charge in [-0.05, 0) is 18.1 Å². The van der Waals surface area contributed by atoms with E-state index in [9.17, 15) is 14.7 Å². The molecule has 0 aromatic heterocycles. The van der Waals surface area contributed by atoms with Crippen molar-refractivity contribution in [3.8, 4) is 5.75 Å². The average molecular weight is 221 g/mol. The molecule has 0 radical (unpaired) electrons. The first-order chi connectivity index (χ1) is 7.61. The Labute approximate surface area is 92.0 Å². The second-order valence-electron chi connectivity index (χ2n) is 3.57. The smallest absolute Gasteiger partial charge is 0.341 e. The number of hydrogen-bond acceptors (Lipinski definition) is 4. The second kappa shape index (κ2) is 3.84. The predicted molar refractivity (Wildman–Crippen MR) is 56.4 cm³/mol. The van der Waals surface area contributed by atoms with Crippen molar-refractivity contribution in [2.24, 2.45) is 0 Å². The van der Waals surface area contributed by atoms with Gasteiger partial charge in [0.25, 0.3) is 0 Å². The molecule has 0 spiro atoms. The van der Waals surface area contributed by atoms with Gasteiger partial charge in [0.1, 0.15) is 11.3 Å². The fourth-order valence-electron chi connectivity index (χ4n) is 1.69. The number of phenols is 1. The number of carbonyl (C=O) groups is 2. The minimum absolute atomic E-state index is 0.0854. The van der Waals surface area contributed by atoms with E-state index in [1.807, 2.05) is 0 Å². The minimum Gasteiger partial charge on any atom is -0.507 e. The molecule has 0 aliphatic carbocycles. The molecule has 0 saturated heterocycles. The number of methoxy groups -OCH3 is 1. The first-order valence-corrected chi connectivity index (χ1v) is 4.86. The maximum absolute atomic E-state index is 11.3. The molecule has 2 N–H and O–H groups in total. The van der Waals surface area contributed by atoms with Crippen LogP contribution < -0.4 is 5.32 Å². The number of aromatic hydroxyl groups is 1. The minimum atomic E-state index is -0.586. The normalized spacial score (nSPS) is 13.9. The molecule has 2 rings (SSSR count). The summed E-state index contributed by atoms with van der Waals surface area (Å²) in [5, 5.41) is 12.2. The van der Waals surface area contributed by atoms with Crippen molar-refractivity contribution >= 4 is 17.6 Å². The van der Waals surface area contributed by atoms with Crippen molar-refractivity contribution in [3.05, 3.63) is 23.3 Å². The highest BCUT2D eigenvalue weighted by Gasteiger charge is 2.20. The summed E-state index contributed by atoms with van der Waals surface area (Å²) in [5.41, 5.74) is 1.51. The predicted octanol–water partition coefficient (Wildman–Crippen LogP) is 1.06. The average Bonchev–Trinajstić information content (AvgIpc) is 2.27. The Morgan fingerprint density at radius 3 is 2.88 bits per heavy atom. The van der Waals surface area contributed by atoms with Gasteiger partial charge in [0.15, 0.2) is 0 Å². The number of anilines is 1. The molecular weight excluding hydrogens is 210 g/mol. The van der Waals surface area contributed by atoms with Crippen molar-refractivity contribution in [3.63, 3.8) is 0 Å². The topological polar surface area (TPSA) is 75.6 Å². The maximum Gasteiger partial charge on any atom is 0.341 e. The van der Waals surface area contributed by atoms with Crippen molar-refractivity contribution in [2.75, 3.05) is 12.4 Å². The van der Waals surface area contributed by atoms with Gasteiger partial charge in [-0.2, -0.15) is 0 Å². The molecule has 84 valence electrons. The van der Waals surface area contributed by atoms with Crippen molar-refractivity contribution in [1.82, 2.24) is 0 Å². The Morgan fingerprint density at radius 1 is 1.44 bits per heavy atom. The number of aryl methyl sites for hydroxylation is 1. The van der Waals surface area contributed by atoms with Gasteiger partial charge in [0.2, 0.25) is 5.91 Å². The lowest BCUT2D eigenvalue weighted by atomic mass is 9.99. The van der Waals surface area contributed by atoms with Crippen LogP contribution >= 0.6 is 0 Å². The van der Waals surface area contributed by atoms with E-state index in [1.54, 1.807) is 6.07 Å². The van der Waals surface area contributed by atoms with Gasteiger partial charge in [-0.15, -0.1) is 0 Å². The molecule has 16 heavy (non-hydrogen) atoms. The van der Waals surface area contributed by atoms with E-state index < -0.39 is 5.97 Å². The third-order valence-corrected chi connectivity index (χ3v) is 2.52. The van der Waals surface area contributed by atoms with Crippen LogP contribution in [0.4, 0.5) is 5.69 Å². The van der Waals surface area contributed by atoms with Gasteiger partial charge in [-0.25, -0.2) is 4.79 Å².